The van der Waals surface area contributed by atoms with Crippen molar-refractivity contribution in [1.82, 2.24) is 44.9 Å². The number of aromatic nitrogens is 9. The lowest BCUT2D eigenvalue weighted by atomic mass is 10.2. The Morgan fingerprint density at radius 2 is 1.27 bits per heavy atom. The fourth-order valence-electron chi connectivity index (χ4n) is 5.04. The molecule has 0 spiro atoms. The molecular formula is C37H31N11O3. The van der Waals surface area contributed by atoms with Crippen molar-refractivity contribution in [2.45, 2.75) is 0 Å². The smallest absolute Gasteiger partial charge is 0.255 e. The average molecular weight is 678 g/mol. The molecule has 0 unspecified atom stereocenters. The first kappa shape index (κ1) is 32.2. The van der Waals surface area contributed by atoms with Gasteiger partial charge in [-0.15, -0.1) is 0 Å². The Bertz CT molecular complexity index is 2450. The van der Waals surface area contributed by atoms with Crippen LogP contribution in [0.15, 0.2) is 128 Å². The zero-order valence-electron chi connectivity index (χ0n) is 27.5. The molecule has 0 bridgehead atoms. The quantitative estimate of drug-likeness (QED) is 0.148. The van der Waals surface area contributed by atoms with Crippen LogP contribution in [0.2, 0.25) is 0 Å². The van der Waals surface area contributed by atoms with Crippen LogP contribution in [-0.4, -0.2) is 50.8 Å². The lowest BCUT2D eigenvalue weighted by molar-refractivity contribution is 0.102. The number of anilines is 2. The van der Waals surface area contributed by atoms with Crippen LogP contribution in [0.5, 0.6) is 23.0 Å². The summed E-state index contributed by atoms with van der Waals surface area (Å²) in [5, 5.41) is 21.7. The second-order valence-electron chi connectivity index (χ2n) is 11.3. The molecule has 5 heterocycles. The molecule has 8 rings (SSSR count). The molecule has 3 aromatic carbocycles. The van der Waals surface area contributed by atoms with Gasteiger partial charge in [0.1, 0.15) is 34.0 Å². The summed E-state index contributed by atoms with van der Waals surface area (Å²) in [5.74, 6) is 2.39. The Kier molecular flexibility index (Phi) is 9.10. The molecule has 1 amide bonds. The highest BCUT2D eigenvalue weighted by Gasteiger charge is 2.11. The summed E-state index contributed by atoms with van der Waals surface area (Å²) < 4.78 is 15.2. The Balaban J connectivity index is 0.000000175. The van der Waals surface area contributed by atoms with Gasteiger partial charge in [0.05, 0.1) is 23.8 Å². The third-order valence-electron chi connectivity index (χ3n) is 7.46. The van der Waals surface area contributed by atoms with E-state index < -0.39 is 0 Å². The summed E-state index contributed by atoms with van der Waals surface area (Å²) >= 11 is 0. The molecule has 0 atom stereocenters. The number of nitrogens with zero attached hydrogens (tertiary/aromatic N) is 8. The minimum Gasteiger partial charge on any atom is -0.457 e. The maximum absolute atomic E-state index is 12.6. The van der Waals surface area contributed by atoms with Crippen molar-refractivity contribution in [3.05, 3.63) is 134 Å². The predicted molar refractivity (Wildman–Crippen MR) is 192 cm³/mol. The fraction of sp³-hybridized carbons (Fsp3) is 0.0541. The number of aryl methyl sites for hydroxylation is 2. The van der Waals surface area contributed by atoms with E-state index in [4.69, 9.17) is 15.2 Å². The van der Waals surface area contributed by atoms with Gasteiger partial charge >= 0.3 is 0 Å². The van der Waals surface area contributed by atoms with E-state index in [1.165, 1.54) is 0 Å². The second-order valence-corrected chi connectivity index (χ2v) is 11.3. The van der Waals surface area contributed by atoms with Gasteiger partial charge in [-0.05, 0) is 54.6 Å². The number of nitrogens with one attached hydrogen (secondary N) is 2. The molecule has 5 aromatic heterocycles. The van der Waals surface area contributed by atoms with Crippen LogP contribution < -0.4 is 20.5 Å². The highest BCUT2D eigenvalue weighted by Crippen LogP contribution is 2.28. The van der Waals surface area contributed by atoms with Crippen LogP contribution in [0, 0.1) is 0 Å². The second kappa shape index (κ2) is 14.4. The van der Waals surface area contributed by atoms with Crippen LogP contribution in [-0.2, 0) is 14.1 Å². The van der Waals surface area contributed by atoms with Crippen LogP contribution in [0.4, 0.5) is 11.4 Å². The summed E-state index contributed by atoms with van der Waals surface area (Å²) in [7, 11) is 3.73. The Hall–Kier alpha value is -7.35. The molecule has 14 heteroatoms. The zero-order valence-corrected chi connectivity index (χ0v) is 27.5. The third-order valence-corrected chi connectivity index (χ3v) is 7.46. The van der Waals surface area contributed by atoms with E-state index in [0.717, 1.165) is 22.5 Å². The first-order valence-electron chi connectivity index (χ1n) is 15.7. The summed E-state index contributed by atoms with van der Waals surface area (Å²) in [6.45, 7) is 0. The molecule has 0 aliphatic rings. The lowest BCUT2D eigenvalue weighted by Gasteiger charge is -2.10. The van der Waals surface area contributed by atoms with Crippen LogP contribution >= 0.6 is 0 Å². The van der Waals surface area contributed by atoms with Crippen molar-refractivity contribution >= 4 is 28.3 Å². The Labute approximate surface area is 291 Å². The van der Waals surface area contributed by atoms with Crippen molar-refractivity contribution in [1.29, 1.82) is 0 Å². The number of fused-ring (bicyclic) bond motifs is 1. The molecule has 0 fully saturated rings. The number of pyridine rings is 2. The normalized spacial score (nSPS) is 10.7. The maximum atomic E-state index is 12.6. The summed E-state index contributed by atoms with van der Waals surface area (Å²) in [5.41, 5.74) is 12.3. The molecule has 0 radical (unpaired) electrons. The monoisotopic (exact) mass is 677 g/mol. The molecule has 51 heavy (non-hydrogen) atoms. The van der Waals surface area contributed by atoms with Crippen molar-refractivity contribution in [3.63, 3.8) is 0 Å². The van der Waals surface area contributed by atoms with E-state index in [1.54, 1.807) is 76.6 Å². The van der Waals surface area contributed by atoms with Crippen molar-refractivity contribution < 1.29 is 14.3 Å². The summed E-state index contributed by atoms with van der Waals surface area (Å²) in [4.78, 5) is 21.3. The SMILES string of the molecule is Cn1cc(-c2cc(Oc3cccc(N)c3)ccn2)cn1.Cn1cc(-c2cc(Oc3cccc(NC(=O)c4ccc5n[nH]nc5c4)c3)ccn2)cn1. The highest BCUT2D eigenvalue weighted by molar-refractivity contribution is 6.05. The molecule has 252 valence electrons. The van der Waals surface area contributed by atoms with E-state index in [0.29, 0.717) is 51.0 Å². The zero-order chi connectivity index (χ0) is 35.2. The lowest BCUT2D eigenvalue weighted by Crippen LogP contribution is -2.11. The Morgan fingerprint density at radius 3 is 1.88 bits per heavy atom. The van der Waals surface area contributed by atoms with Gasteiger partial charge in [-0.2, -0.15) is 25.6 Å². The standard InChI is InChI=1S/C22H17N7O2.C15H14N4O/c1-29-13-15(12-24-29)20-11-18(7-8-23-20)31-17-4-2-3-16(10-17)25-22(30)14-5-6-19-21(9-14)27-28-26-19;1-19-10-11(9-18-19)15-8-14(5-6-17-15)20-13-4-2-3-12(16)7-13/h2-13H,1H3,(H,25,30)(H,26,27,28);2-10H,16H2,1H3. The van der Waals surface area contributed by atoms with E-state index in [1.807, 2.05) is 75.0 Å². The van der Waals surface area contributed by atoms with E-state index in [9.17, 15) is 4.79 Å². The van der Waals surface area contributed by atoms with Gasteiger partial charge in [-0.3, -0.25) is 24.1 Å². The van der Waals surface area contributed by atoms with Gasteiger partial charge in [-0.25, -0.2) is 0 Å². The minimum absolute atomic E-state index is 0.246. The number of nitrogen functional groups attached to an aromatic ring is 1. The molecular weight excluding hydrogens is 646 g/mol. The number of hydrogen-bond donors (Lipinski definition) is 3. The largest absolute Gasteiger partial charge is 0.457 e. The van der Waals surface area contributed by atoms with Gasteiger partial charge in [-0.1, -0.05) is 12.1 Å². The van der Waals surface area contributed by atoms with E-state index >= 15 is 0 Å². The molecule has 0 aliphatic carbocycles. The topological polar surface area (TPSA) is 177 Å². The van der Waals surface area contributed by atoms with Crippen molar-refractivity contribution in [3.8, 4) is 45.5 Å². The number of rotatable bonds is 8. The predicted octanol–water partition coefficient (Wildman–Crippen LogP) is 6.65. The average Bonchev–Trinajstić information content (AvgIpc) is 3.90. The molecule has 0 saturated carbocycles. The van der Waals surface area contributed by atoms with Gasteiger partial charge < -0.3 is 20.5 Å². The number of hydrogen-bond acceptors (Lipinski definition) is 10. The number of H-pyrrole nitrogens is 1. The third kappa shape index (κ3) is 8.04. The maximum Gasteiger partial charge on any atom is 0.255 e. The highest BCUT2D eigenvalue weighted by atomic mass is 16.5. The van der Waals surface area contributed by atoms with Crippen molar-refractivity contribution in [2.75, 3.05) is 11.1 Å². The first-order chi connectivity index (χ1) is 24.8. The number of ether oxygens (including phenoxy) is 2. The number of nitrogens with two attached hydrogens (primary N) is 1. The van der Waals surface area contributed by atoms with Crippen LogP contribution in [0.25, 0.3) is 33.5 Å². The number of carbonyl (C=O) groups is 1. The minimum atomic E-state index is -0.246. The van der Waals surface area contributed by atoms with Gasteiger partial charge in [0.25, 0.3) is 5.91 Å². The fourth-order valence-corrected chi connectivity index (χ4v) is 5.04. The first-order valence-corrected chi connectivity index (χ1v) is 15.7. The van der Waals surface area contributed by atoms with Crippen LogP contribution in [0.3, 0.4) is 0 Å². The van der Waals surface area contributed by atoms with Gasteiger partial charge in [0, 0.05) is 91.2 Å². The number of carbonyl (C=O) groups excluding carboxylic acids is 1. The summed E-state index contributed by atoms with van der Waals surface area (Å²) in [6, 6.07) is 27.0. The van der Waals surface area contributed by atoms with E-state index in [2.05, 4.69) is 40.9 Å². The molecule has 14 nitrogen and oxygen atoms in total. The molecule has 4 N–H and O–H groups in total. The van der Waals surface area contributed by atoms with Gasteiger partial charge in [0.15, 0.2) is 0 Å². The molecule has 0 aliphatic heterocycles. The van der Waals surface area contributed by atoms with E-state index in [-0.39, 0.29) is 5.91 Å². The number of benzene rings is 3. The van der Waals surface area contributed by atoms with Crippen molar-refractivity contribution in [2.24, 2.45) is 14.1 Å². The number of aromatic amines is 1. The number of amides is 1. The van der Waals surface area contributed by atoms with Crippen LogP contribution in [0.1, 0.15) is 10.4 Å². The Morgan fingerprint density at radius 1 is 0.686 bits per heavy atom. The molecule has 8 aromatic rings. The molecule has 0 saturated heterocycles. The van der Waals surface area contributed by atoms with Gasteiger partial charge in [0.2, 0.25) is 0 Å². The summed E-state index contributed by atoms with van der Waals surface area (Å²) in [6.07, 6.45) is 10.7.